The predicted octanol–water partition coefficient (Wildman–Crippen LogP) is 3.85. The van der Waals surface area contributed by atoms with E-state index in [9.17, 15) is 32.9 Å². The molecule has 2 aromatic carbocycles. The number of nitrogens with zero attached hydrogens (tertiary/aromatic N) is 4. The summed E-state index contributed by atoms with van der Waals surface area (Å²) in [5.41, 5.74) is -0.612. The highest BCUT2D eigenvalue weighted by atomic mass is 32.2. The lowest BCUT2D eigenvalue weighted by molar-refractivity contribution is -0.384. The summed E-state index contributed by atoms with van der Waals surface area (Å²) in [5, 5.41) is 21.6. The second-order valence-corrected chi connectivity index (χ2v) is 7.97. The Morgan fingerprint density at radius 3 is 2.47 bits per heavy atom. The van der Waals surface area contributed by atoms with Crippen LogP contribution in [0, 0.1) is 10.1 Å². The van der Waals surface area contributed by atoms with E-state index in [1.807, 2.05) is 0 Å². The molecule has 0 radical (unpaired) electrons. The van der Waals surface area contributed by atoms with E-state index < -0.39 is 16.7 Å². The summed E-state index contributed by atoms with van der Waals surface area (Å²) in [4.78, 5) is 33.9. The number of thioether (sulfide) groups is 1. The number of alkyl halides is 3. The molecular weight excluding hydrogens is 475 g/mol. The number of benzene rings is 2. The van der Waals surface area contributed by atoms with Crippen LogP contribution in [0.15, 0.2) is 53.7 Å². The quantitative estimate of drug-likeness (QED) is 0.208. The lowest BCUT2D eigenvalue weighted by Crippen LogP contribution is -2.23. The molecule has 3 aromatic rings. The standard InChI is InChI=1S/C21H18F3N5O4S/c1-13(30)25-10-9-19-26-27-20(28(19)17-4-2-3-15(11-17)21(22,23)24)34-12-18(31)14-5-7-16(8-6-14)29(32)33/h2-8,11H,9-10,12H2,1H3,(H,25,30). The number of nitro benzene ring substituents is 1. The van der Waals surface area contributed by atoms with Gasteiger partial charge in [-0.15, -0.1) is 10.2 Å². The van der Waals surface area contributed by atoms with Gasteiger partial charge in [-0.1, -0.05) is 17.8 Å². The molecule has 0 bridgehead atoms. The fourth-order valence-corrected chi connectivity index (χ4v) is 3.83. The number of carbonyl (C=O) groups excluding carboxylic acids is 2. The highest BCUT2D eigenvalue weighted by molar-refractivity contribution is 7.99. The van der Waals surface area contributed by atoms with E-state index in [1.165, 1.54) is 47.9 Å². The minimum atomic E-state index is -4.56. The van der Waals surface area contributed by atoms with Gasteiger partial charge < -0.3 is 5.32 Å². The van der Waals surface area contributed by atoms with Crippen molar-refractivity contribution in [2.75, 3.05) is 12.3 Å². The number of ketones is 1. The van der Waals surface area contributed by atoms with Crippen molar-refractivity contribution in [3.63, 3.8) is 0 Å². The van der Waals surface area contributed by atoms with Crippen molar-refractivity contribution in [1.29, 1.82) is 0 Å². The lowest BCUT2D eigenvalue weighted by atomic mass is 10.1. The molecule has 0 spiro atoms. The van der Waals surface area contributed by atoms with Gasteiger partial charge in [-0.3, -0.25) is 24.3 Å². The van der Waals surface area contributed by atoms with Crippen molar-refractivity contribution in [1.82, 2.24) is 20.1 Å². The number of rotatable bonds is 9. The number of nitro groups is 1. The van der Waals surface area contributed by atoms with Gasteiger partial charge in [-0.05, 0) is 30.3 Å². The molecule has 3 rings (SSSR count). The molecule has 0 aliphatic carbocycles. The SMILES string of the molecule is CC(=O)NCCc1nnc(SCC(=O)c2ccc([N+](=O)[O-])cc2)n1-c1cccc(C(F)(F)F)c1. The molecule has 178 valence electrons. The van der Waals surface area contributed by atoms with Crippen molar-refractivity contribution >= 4 is 29.1 Å². The maximum Gasteiger partial charge on any atom is 0.416 e. The number of nitrogens with one attached hydrogen (secondary N) is 1. The smallest absolute Gasteiger partial charge is 0.356 e. The first-order chi connectivity index (χ1) is 16.1. The number of non-ortho nitro benzene ring substituents is 1. The van der Waals surface area contributed by atoms with Crippen LogP contribution in [-0.4, -0.2) is 43.7 Å². The van der Waals surface area contributed by atoms with Crippen molar-refractivity contribution < 1.29 is 27.7 Å². The zero-order chi connectivity index (χ0) is 24.9. The Labute approximate surface area is 195 Å². The van der Waals surface area contributed by atoms with E-state index in [4.69, 9.17) is 0 Å². The monoisotopic (exact) mass is 493 g/mol. The van der Waals surface area contributed by atoms with Gasteiger partial charge in [0, 0.05) is 43.3 Å². The van der Waals surface area contributed by atoms with E-state index in [2.05, 4.69) is 15.5 Å². The molecule has 0 atom stereocenters. The normalized spacial score (nSPS) is 11.3. The summed E-state index contributed by atoms with van der Waals surface area (Å²) in [5.74, 6) is -0.439. The highest BCUT2D eigenvalue weighted by Crippen LogP contribution is 2.32. The van der Waals surface area contributed by atoms with Gasteiger partial charge >= 0.3 is 6.18 Å². The first kappa shape index (κ1) is 24.9. The molecular formula is C21H18F3N5O4S. The number of hydrogen-bond donors (Lipinski definition) is 1. The van der Waals surface area contributed by atoms with Crippen molar-refractivity contribution in [2.24, 2.45) is 0 Å². The first-order valence-corrected chi connectivity index (χ1v) is 10.8. The lowest BCUT2D eigenvalue weighted by Gasteiger charge is -2.13. The molecule has 13 heteroatoms. The number of hydrogen-bond acceptors (Lipinski definition) is 7. The van der Waals surface area contributed by atoms with Crippen LogP contribution < -0.4 is 5.32 Å². The fraction of sp³-hybridized carbons (Fsp3) is 0.238. The second-order valence-electron chi connectivity index (χ2n) is 7.03. The Balaban J connectivity index is 1.86. The molecule has 1 aromatic heterocycles. The number of halogens is 3. The molecule has 0 aliphatic rings. The summed E-state index contributed by atoms with van der Waals surface area (Å²) < 4.78 is 41.1. The molecule has 0 saturated carbocycles. The van der Waals surface area contributed by atoms with Gasteiger partial charge in [-0.25, -0.2) is 0 Å². The number of Topliss-reactive ketones (excluding diaryl/α,β-unsaturated/α-hetero) is 1. The number of aromatic nitrogens is 3. The summed E-state index contributed by atoms with van der Waals surface area (Å²) in [7, 11) is 0. The third-order valence-electron chi connectivity index (χ3n) is 4.59. The van der Waals surface area contributed by atoms with E-state index in [0.29, 0.717) is 5.82 Å². The first-order valence-electron chi connectivity index (χ1n) is 9.83. The Morgan fingerprint density at radius 2 is 1.85 bits per heavy atom. The van der Waals surface area contributed by atoms with Crippen molar-refractivity contribution in [2.45, 2.75) is 24.7 Å². The minimum absolute atomic E-state index is 0.124. The largest absolute Gasteiger partial charge is 0.416 e. The summed E-state index contributed by atoms with van der Waals surface area (Å²) in [6.07, 6.45) is -4.36. The van der Waals surface area contributed by atoms with Gasteiger partial charge in [-0.2, -0.15) is 13.2 Å². The van der Waals surface area contributed by atoms with Gasteiger partial charge in [0.2, 0.25) is 5.91 Å². The molecule has 9 nitrogen and oxygen atoms in total. The minimum Gasteiger partial charge on any atom is -0.356 e. The summed E-state index contributed by atoms with van der Waals surface area (Å²) in [6.45, 7) is 1.53. The maximum atomic E-state index is 13.2. The zero-order valence-corrected chi connectivity index (χ0v) is 18.5. The number of carbonyl (C=O) groups is 2. The average molecular weight is 493 g/mol. The van der Waals surface area contributed by atoms with Crippen LogP contribution in [0.3, 0.4) is 0 Å². The molecule has 0 aliphatic heterocycles. The van der Waals surface area contributed by atoms with Crippen molar-refractivity contribution in [3.05, 3.63) is 75.6 Å². The predicted molar refractivity (Wildman–Crippen MR) is 117 cm³/mol. The van der Waals surface area contributed by atoms with Crippen LogP contribution in [0.5, 0.6) is 0 Å². The topological polar surface area (TPSA) is 120 Å². The molecule has 0 saturated heterocycles. The van der Waals surface area contributed by atoms with Crippen LogP contribution in [0.25, 0.3) is 5.69 Å². The van der Waals surface area contributed by atoms with Gasteiger partial charge in [0.15, 0.2) is 10.9 Å². The Bertz CT molecular complexity index is 1210. The van der Waals surface area contributed by atoms with E-state index in [1.54, 1.807) is 0 Å². The van der Waals surface area contributed by atoms with Crippen LogP contribution >= 0.6 is 11.8 Å². The molecule has 0 unspecified atom stereocenters. The van der Waals surface area contributed by atoms with E-state index in [-0.39, 0.29) is 52.5 Å². The molecule has 1 N–H and O–H groups in total. The summed E-state index contributed by atoms with van der Waals surface area (Å²) >= 11 is 0.967. The van der Waals surface area contributed by atoms with Crippen LogP contribution in [-0.2, 0) is 17.4 Å². The highest BCUT2D eigenvalue weighted by Gasteiger charge is 2.31. The molecule has 1 heterocycles. The second kappa shape index (κ2) is 10.5. The fourth-order valence-electron chi connectivity index (χ4n) is 2.97. The van der Waals surface area contributed by atoms with Gasteiger partial charge in [0.1, 0.15) is 5.82 Å². The van der Waals surface area contributed by atoms with Crippen LogP contribution in [0.2, 0.25) is 0 Å². The van der Waals surface area contributed by atoms with Gasteiger partial charge in [0.05, 0.1) is 16.2 Å². The Kier molecular flexibility index (Phi) is 7.66. The molecule has 34 heavy (non-hydrogen) atoms. The Hall–Kier alpha value is -3.74. The molecule has 0 fully saturated rings. The zero-order valence-electron chi connectivity index (χ0n) is 17.7. The Morgan fingerprint density at radius 1 is 1.15 bits per heavy atom. The third-order valence-corrected chi connectivity index (χ3v) is 5.52. The average Bonchev–Trinajstić information content (AvgIpc) is 3.19. The maximum absolute atomic E-state index is 13.2. The molecule has 1 amide bonds. The number of amides is 1. The van der Waals surface area contributed by atoms with Crippen LogP contribution in [0.4, 0.5) is 18.9 Å². The van der Waals surface area contributed by atoms with E-state index >= 15 is 0 Å². The van der Waals surface area contributed by atoms with Crippen LogP contribution in [0.1, 0.15) is 28.7 Å². The van der Waals surface area contributed by atoms with Crippen molar-refractivity contribution in [3.8, 4) is 5.69 Å². The summed E-state index contributed by atoms with van der Waals surface area (Å²) in [6, 6.07) is 9.69. The van der Waals surface area contributed by atoms with E-state index in [0.717, 1.165) is 23.9 Å². The van der Waals surface area contributed by atoms with Gasteiger partial charge in [0.25, 0.3) is 5.69 Å². The third kappa shape index (κ3) is 6.19.